The van der Waals surface area contributed by atoms with E-state index in [1.54, 1.807) is 11.3 Å². The van der Waals surface area contributed by atoms with Crippen LogP contribution in [0.3, 0.4) is 0 Å². The van der Waals surface area contributed by atoms with E-state index in [1.165, 1.54) is 62.7 Å². The van der Waals surface area contributed by atoms with Gasteiger partial charge in [0.1, 0.15) is 0 Å². The highest BCUT2D eigenvalue weighted by Gasteiger charge is 2.28. The molecule has 3 heterocycles. The Morgan fingerprint density at radius 3 is 3.06 bits per heavy atom. The van der Waals surface area contributed by atoms with Gasteiger partial charge in [-0.05, 0) is 45.8 Å². The Bertz CT molecular complexity index is 390. The third-order valence-corrected chi connectivity index (χ3v) is 5.06. The van der Waals surface area contributed by atoms with Crippen molar-refractivity contribution in [1.29, 1.82) is 0 Å². The van der Waals surface area contributed by atoms with Gasteiger partial charge in [0.25, 0.3) is 0 Å². The van der Waals surface area contributed by atoms with Gasteiger partial charge in [0.15, 0.2) is 0 Å². The van der Waals surface area contributed by atoms with Crippen molar-refractivity contribution in [3.05, 3.63) is 16.1 Å². The van der Waals surface area contributed by atoms with Crippen molar-refractivity contribution in [2.45, 2.75) is 38.6 Å². The summed E-state index contributed by atoms with van der Waals surface area (Å²) in [6.07, 6.45) is 5.28. The summed E-state index contributed by atoms with van der Waals surface area (Å²) in [6.45, 7) is 8.49. The first-order valence-corrected chi connectivity index (χ1v) is 8.06. The Kier molecular flexibility index (Phi) is 3.97. The fourth-order valence-electron chi connectivity index (χ4n) is 3.28. The molecule has 1 atom stereocenters. The zero-order valence-corrected chi connectivity index (χ0v) is 12.1. The molecule has 100 valence electrons. The van der Waals surface area contributed by atoms with Crippen molar-refractivity contribution in [1.82, 2.24) is 14.8 Å². The van der Waals surface area contributed by atoms with Crippen molar-refractivity contribution >= 4 is 11.3 Å². The summed E-state index contributed by atoms with van der Waals surface area (Å²) in [7, 11) is 0. The van der Waals surface area contributed by atoms with Crippen LogP contribution < -0.4 is 0 Å². The second-order valence-corrected chi connectivity index (χ2v) is 6.66. The fourth-order valence-corrected chi connectivity index (χ4v) is 3.93. The van der Waals surface area contributed by atoms with E-state index in [-0.39, 0.29) is 0 Å². The normalized spacial score (nSPS) is 26.2. The maximum absolute atomic E-state index is 4.57. The molecule has 1 unspecified atom stereocenters. The largest absolute Gasteiger partial charge is 0.301 e. The minimum atomic E-state index is 0.838. The van der Waals surface area contributed by atoms with Crippen molar-refractivity contribution in [3.8, 4) is 0 Å². The van der Waals surface area contributed by atoms with Crippen LogP contribution in [0.15, 0.2) is 5.38 Å². The van der Waals surface area contributed by atoms with Gasteiger partial charge in [-0.3, -0.25) is 4.90 Å². The van der Waals surface area contributed by atoms with E-state index < -0.39 is 0 Å². The molecule has 0 spiro atoms. The third-order valence-electron chi connectivity index (χ3n) is 4.24. The molecule has 0 bridgehead atoms. The van der Waals surface area contributed by atoms with Crippen molar-refractivity contribution < 1.29 is 0 Å². The monoisotopic (exact) mass is 265 g/mol. The summed E-state index contributed by atoms with van der Waals surface area (Å²) in [5.41, 5.74) is 1.28. The molecule has 0 saturated carbocycles. The Labute approximate surface area is 114 Å². The number of hydrogen-bond donors (Lipinski definition) is 0. The quantitative estimate of drug-likeness (QED) is 0.835. The molecule has 2 aliphatic heterocycles. The summed E-state index contributed by atoms with van der Waals surface area (Å²) in [4.78, 5) is 9.93. The maximum atomic E-state index is 4.57. The number of thiazole rings is 1. The molecule has 3 rings (SSSR count). The second-order valence-electron chi connectivity index (χ2n) is 5.59. The molecule has 0 amide bonds. The Hall–Kier alpha value is -0.450. The molecule has 0 N–H and O–H groups in total. The molecule has 4 heteroatoms. The van der Waals surface area contributed by atoms with Crippen LogP contribution in [-0.4, -0.2) is 53.5 Å². The van der Waals surface area contributed by atoms with Gasteiger partial charge in [-0.15, -0.1) is 11.3 Å². The lowest BCUT2D eigenvalue weighted by Crippen LogP contribution is -2.37. The van der Waals surface area contributed by atoms with E-state index in [0.29, 0.717) is 0 Å². The SMILES string of the molecule is Cc1nc(CCN2CCCN3CCCC3C2)cs1. The minimum Gasteiger partial charge on any atom is -0.301 e. The van der Waals surface area contributed by atoms with E-state index in [2.05, 4.69) is 27.1 Å². The van der Waals surface area contributed by atoms with E-state index >= 15 is 0 Å². The molecule has 18 heavy (non-hydrogen) atoms. The van der Waals surface area contributed by atoms with Crippen LogP contribution in [0, 0.1) is 6.92 Å². The summed E-state index contributed by atoms with van der Waals surface area (Å²) in [5, 5.41) is 3.41. The summed E-state index contributed by atoms with van der Waals surface area (Å²) in [5.74, 6) is 0. The zero-order chi connectivity index (χ0) is 12.4. The molecular formula is C14H23N3S. The fraction of sp³-hybridized carbons (Fsp3) is 0.786. The summed E-state index contributed by atoms with van der Waals surface area (Å²) in [6, 6.07) is 0.838. The Morgan fingerprint density at radius 1 is 1.33 bits per heavy atom. The predicted molar refractivity (Wildman–Crippen MR) is 76.2 cm³/mol. The van der Waals surface area contributed by atoms with Crippen LogP contribution in [-0.2, 0) is 6.42 Å². The van der Waals surface area contributed by atoms with Crippen LogP contribution >= 0.6 is 11.3 Å². The minimum absolute atomic E-state index is 0.838. The molecule has 1 aromatic heterocycles. The second kappa shape index (κ2) is 5.68. The molecule has 3 nitrogen and oxygen atoms in total. The Morgan fingerprint density at radius 2 is 2.22 bits per heavy atom. The van der Waals surface area contributed by atoms with E-state index in [4.69, 9.17) is 0 Å². The first-order chi connectivity index (χ1) is 8.81. The highest BCUT2D eigenvalue weighted by atomic mass is 32.1. The number of rotatable bonds is 3. The maximum Gasteiger partial charge on any atom is 0.0897 e. The van der Waals surface area contributed by atoms with Crippen molar-refractivity contribution in [3.63, 3.8) is 0 Å². The first-order valence-electron chi connectivity index (χ1n) is 7.19. The zero-order valence-electron chi connectivity index (χ0n) is 11.3. The molecular weight excluding hydrogens is 242 g/mol. The molecule has 0 aromatic carbocycles. The van der Waals surface area contributed by atoms with Crippen LogP contribution in [0.1, 0.15) is 30.0 Å². The van der Waals surface area contributed by atoms with Gasteiger partial charge in [0, 0.05) is 30.9 Å². The molecule has 0 radical (unpaired) electrons. The first kappa shape index (κ1) is 12.6. The molecule has 1 aromatic rings. The van der Waals surface area contributed by atoms with E-state index in [1.807, 2.05) is 0 Å². The van der Waals surface area contributed by atoms with Gasteiger partial charge in [-0.25, -0.2) is 4.98 Å². The van der Waals surface area contributed by atoms with E-state index in [9.17, 15) is 0 Å². The highest BCUT2D eigenvalue weighted by Crippen LogP contribution is 2.21. The van der Waals surface area contributed by atoms with E-state index in [0.717, 1.165) is 12.5 Å². The molecule has 0 aliphatic carbocycles. The number of aryl methyl sites for hydroxylation is 1. The lowest BCUT2D eigenvalue weighted by atomic mass is 10.2. The van der Waals surface area contributed by atoms with Crippen molar-refractivity contribution in [2.75, 3.05) is 32.7 Å². The van der Waals surface area contributed by atoms with Gasteiger partial charge in [-0.2, -0.15) is 0 Å². The number of hydrogen-bond acceptors (Lipinski definition) is 4. The average Bonchev–Trinajstić information content (AvgIpc) is 2.92. The van der Waals surface area contributed by atoms with Crippen LogP contribution in [0.25, 0.3) is 0 Å². The third kappa shape index (κ3) is 2.92. The standard InChI is InChI=1S/C14H23N3S/c1-12-15-13(11-18-12)5-9-16-6-3-8-17-7-2-4-14(17)10-16/h11,14H,2-10H2,1H3. The lowest BCUT2D eigenvalue weighted by molar-refractivity contribution is 0.221. The van der Waals surface area contributed by atoms with Gasteiger partial charge in [-0.1, -0.05) is 0 Å². The topological polar surface area (TPSA) is 19.4 Å². The summed E-state index contributed by atoms with van der Waals surface area (Å²) >= 11 is 1.77. The van der Waals surface area contributed by atoms with Gasteiger partial charge < -0.3 is 4.90 Å². The highest BCUT2D eigenvalue weighted by molar-refractivity contribution is 7.09. The summed E-state index contributed by atoms with van der Waals surface area (Å²) < 4.78 is 0. The molecule has 2 fully saturated rings. The molecule has 2 aliphatic rings. The van der Waals surface area contributed by atoms with Gasteiger partial charge >= 0.3 is 0 Å². The average molecular weight is 265 g/mol. The number of nitrogens with zero attached hydrogens (tertiary/aromatic N) is 3. The van der Waals surface area contributed by atoms with Crippen LogP contribution in [0.4, 0.5) is 0 Å². The van der Waals surface area contributed by atoms with Gasteiger partial charge in [0.2, 0.25) is 0 Å². The number of aromatic nitrogens is 1. The van der Waals surface area contributed by atoms with Crippen LogP contribution in [0.5, 0.6) is 0 Å². The Balaban J connectivity index is 1.52. The van der Waals surface area contributed by atoms with Crippen molar-refractivity contribution in [2.24, 2.45) is 0 Å². The number of fused-ring (bicyclic) bond motifs is 1. The van der Waals surface area contributed by atoms with Gasteiger partial charge in [0.05, 0.1) is 10.7 Å². The predicted octanol–water partition coefficient (Wildman–Crippen LogP) is 2.16. The lowest BCUT2D eigenvalue weighted by Gasteiger charge is -2.25. The molecule has 2 saturated heterocycles. The smallest absolute Gasteiger partial charge is 0.0897 e. The van der Waals surface area contributed by atoms with Crippen LogP contribution in [0.2, 0.25) is 0 Å².